The van der Waals surface area contributed by atoms with Crippen LogP contribution in [0.15, 0.2) is 48.8 Å². The number of nitrogens with two attached hydrogens (primary N) is 1. The summed E-state index contributed by atoms with van der Waals surface area (Å²) in [7, 11) is 1.65. The van der Waals surface area contributed by atoms with Gasteiger partial charge in [0.25, 0.3) is 5.91 Å². The smallest absolute Gasteiger partial charge is 0.255 e. The van der Waals surface area contributed by atoms with Gasteiger partial charge in [-0.1, -0.05) is 0 Å². The number of fused-ring (bicyclic) bond motifs is 5. The number of hydrogen-bond donors (Lipinski definition) is 1. The van der Waals surface area contributed by atoms with Gasteiger partial charge in [-0.2, -0.15) is 5.10 Å². The molecule has 0 radical (unpaired) electrons. The zero-order valence-corrected chi connectivity index (χ0v) is 25.6. The maximum atomic E-state index is 13.7. The summed E-state index contributed by atoms with van der Waals surface area (Å²) in [6.07, 6.45) is 8.34. The molecule has 11 nitrogen and oxygen atoms in total. The number of carbonyl (C=O) groups is 1. The van der Waals surface area contributed by atoms with Crippen LogP contribution in [0.25, 0.3) is 44.8 Å². The first kappa shape index (κ1) is 26.6. The molecule has 2 aliphatic carbocycles. The number of rotatable bonds is 6. The topological polar surface area (TPSA) is 121 Å². The van der Waals surface area contributed by atoms with Crippen LogP contribution in [0.2, 0.25) is 0 Å². The van der Waals surface area contributed by atoms with Crippen molar-refractivity contribution in [3.63, 3.8) is 0 Å². The molecular formula is C34H35N9O2. The van der Waals surface area contributed by atoms with Crippen molar-refractivity contribution in [3.8, 4) is 28.4 Å². The molecule has 0 aromatic carbocycles. The number of likely N-dealkylation sites (tertiary alicyclic amines) is 1. The number of pyridine rings is 3. The fourth-order valence-corrected chi connectivity index (χ4v) is 7.65. The van der Waals surface area contributed by atoms with Crippen LogP contribution in [-0.4, -0.2) is 70.3 Å². The lowest BCUT2D eigenvalue weighted by Gasteiger charge is -2.27. The third-order valence-electron chi connectivity index (χ3n) is 10.3. The number of carbonyl (C=O) groups excluding carboxylic acids is 1. The SMILES string of the molecule is COc1cc(C(=O)N2CC3CCC2[C@@H]3N)cn2nc(-c3cc4ccc(-c5ccn6c(C)nnc6c5)nc4n3CC3CC3)c(C)c12. The van der Waals surface area contributed by atoms with Crippen LogP contribution in [0.3, 0.4) is 0 Å². The van der Waals surface area contributed by atoms with E-state index in [1.54, 1.807) is 7.11 Å². The Morgan fingerprint density at radius 2 is 1.93 bits per heavy atom. The van der Waals surface area contributed by atoms with Crippen molar-refractivity contribution in [2.45, 2.75) is 58.2 Å². The molecule has 45 heavy (non-hydrogen) atoms. The molecule has 7 heterocycles. The number of methoxy groups -OCH3 is 1. The van der Waals surface area contributed by atoms with Crippen LogP contribution >= 0.6 is 0 Å². The first-order valence-electron chi connectivity index (χ1n) is 15.8. The van der Waals surface area contributed by atoms with Crippen LogP contribution < -0.4 is 10.5 Å². The second-order valence-corrected chi connectivity index (χ2v) is 13.1. The summed E-state index contributed by atoms with van der Waals surface area (Å²) >= 11 is 0. The Morgan fingerprint density at radius 1 is 1.07 bits per heavy atom. The van der Waals surface area contributed by atoms with Gasteiger partial charge >= 0.3 is 0 Å². The highest BCUT2D eigenvalue weighted by Gasteiger charge is 2.47. The largest absolute Gasteiger partial charge is 0.494 e. The normalized spacial score (nSPS) is 21.2. The van der Waals surface area contributed by atoms with Gasteiger partial charge in [-0.3, -0.25) is 9.20 Å². The quantitative estimate of drug-likeness (QED) is 0.295. The molecular weight excluding hydrogens is 566 g/mol. The summed E-state index contributed by atoms with van der Waals surface area (Å²) in [5.74, 6) is 2.49. The van der Waals surface area contributed by atoms with Gasteiger partial charge < -0.3 is 19.9 Å². The van der Waals surface area contributed by atoms with Gasteiger partial charge in [0.1, 0.15) is 28.4 Å². The molecule has 3 atom stereocenters. The fourth-order valence-electron chi connectivity index (χ4n) is 7.65. The highest BCUT2D eigenvalue weighted by molar-refractivity contribution is 5.96. The summed E-state index contributed by atoms with van der Waals surface area (Å²) in [5.41, 5.74) is 14.4. The molecule has 228 valence electrons. The van der Waals surface area contributed by atoms with E-state index in [0.29, 0.717) is 23.1 Å². The third kappa shape index (κ3) is 4.03. The summed E-state index contributed by atoms with van der Waals surface area (Å²) in [6.45, 7) is 5.62. The van der Waals surface area contributed by atoms with E-state index in [2.05, 4.69) is 46.0 Å². The van der Waals surface area contributed by atoms with Crippen molar-refractivity contribution >= 4 is 28.1 Å². The van der Waals surface area contributed by atoms with Crippen molar-refractivity contribution in [1.82, 2.24) is 38.7 Å². The Morgan fingerprint density at radius 3 is 2.69 bits per heavy atom. The zero-order valence-electron chi connectivity index (χ0n) is 25.6. The standard InChI is InChI=1S/C34H35N9O2/c1-18-31(39-43-17-24(13-28(45-3)32(18)43)34(44)42-16-23-7-9-26(42)30(23)35)27-12-22-6-8-25(36-33(22)41(27)15-20-4-5-20)21-10-11-40-19(2)37-38-29(40)14-21/h6,8,10-14,17,20,23,26,30H,4-5,7,9,15-16,35H2,1-3H3/t23?,26?,30-/m1/s1. The van der Waals surface area contributed by atoms with Crippen molar-refractivity contribution in [1.29, 1.82) is 0 Å². The lowest BCUT2D eigenvalue weighted by molar-refractivity contribution is 0.0699. The average molecular weight is 602 g/mol. The van der Waals surface area contributed by atoms with E-state index in [9.17, 15) is 4.79 Å². The minimum Gasteiger partial charge on any atom is -0.494 e. The molecule has 1 saturated heterocycles. The first-order valence-corrected chi connectivity index (χ1v) is 15.8. The highest BCUT2D eigenvalue weighted by atomic mass is 16.5. The number of aryl methyl sites for hydroxylation is 2. The molecule has 1 aliphatic heterocycles. The second kappa shape index (κ2) is 9.61. The Labute approximate surface area is 259 Å². The van der Waals surface area contributed by atoms with E-state index in [1.807, 2.05) is 45.3 Å². The maximum Gasteiger partial charge on any atom is 0.255 e. The second-order valence-electron chi connectivity index (χ2n) is 13.1. The minimum atomic E-state index is -0.00777. The van der Waals surface area contributed by atoms with E-state index < -0.39 is 0 Å². The molecule has 2 saturated carbocycles. The molecule has 1 amide bonds. The fraction of sp³-hybridized carbons (Fsp3) is 0.382. The predicted molar refractivity (Wildman–Crippen MR) is 170 cm³/mol. The molecule has 3 aliphatic rings. The number of amides is 1. The summed E-state index contributed by atoms with van der Waals surface area (Å²) in [6, 6.07) is 12.5. The first-order chi connectivity index (χ1) is 21.9. The molecule has 2 N–H and O–H groups in total. The van der Waals surface area contributed by atoms with E-state index in [4.69, 9.17) is 20.6 Å². The third-order valence-corrected chi connectivity index (χ3v) is 10.3. The minimum absolute atomic E-state index is 0.00777. The number of aromatic nitrogens is 7. The molecule has 0 spiro atoms. The van der Waals surface area contributed by atoms with Gasteiger partial charge in [0.2, 0.25) is 0 Å². The molecule has 9 rings (SSSR count). The average Bonchev–Trinajstić information content (AvgIpc) is 3.26. The number of nitrogens with zero attached hydrogens (tertiary/aromatic N) is 8. The van der Waals surface area contributed by atoms with Gasteiger partial charge in [0.05, 0.1) is 24.1 Å². The van der Waals surface area contributed by atoms with Crippen molar-refractivity contribution < 1.29 is 9.53 Å². The summed E-state index contributed by atoms with van der Waals surface area (Å²) < 4.78 is 12.0. The van der Waals surface area contributed by atoms with Crippen LogP contribution in [0.1, 0.15) is 47.4 Å². The van der Waals surface area contributed by atoms with E-state index in [0.717, 1.165) is 82.2 Å². The lowest BCUT2D eigenvalue weighted by Crippen LogP contribution is -2.41. The summed E-state index contributed by atoms with van der Waals surface area (Å²) in [5, 5.41) is 14.7. The maximum absolute atomic E-state index is 13.7. The Hall–Kier alpha value is -4.77. The molecule has 11 heteroatoms. The van der Waals surface area contributed by atoms with Crippen molar-refractivity contribution in [2.75, 3.05) is 13.7 Å². The van der Waals surface area contributed by atoms with Crippen molar-refractivity contribution in [3.05, 3.63) is 65.7 Å². The van der Waals surface area contributed by atoms with Gasteiger partial charge in [0.15, 0.2) is 5.65 Å². The lowest BCUT2D eigenvalue weighted by atomic mass is 10.1. The van der Waals surface area contributed by atoms with Crippen LogP contribution in [0.4, 0.5) is 0 Å². The molecule has 6 aromatic heterocycles. The van der Waals surface area contributed by atoms with Gasteiger partial charge in [-0.05, 0) is 87.8 Å². The molecule has 2 bridgehead atoms. The van der Waals surface area contributed by atoms with E-state index in [1.165, 1.54) is 12.8 Å². The summed E-state index contributed by atoms with van der Waals surface area (Å²) in [4.78, 5) is 20.9. The van der Waals surface area contributed by atoms with Crippen molar-refractivity contribution in [2.24, 2.45) is 17.6 Å². The van der Waals surface area contributed by atoms with Gasteiger partial charge in [-0.15, -0.1) is 10.2 Å². The van der Waals surface area contributed by atoms with E-state index >= 15 is 0 Å². The zero-order chi connectivity index (χ0) is 30.6. The molecule has 2 unspecified atom stereocenters. The Balaban J connectivity index is 1.15. The number of piperidine rings is 1. The molecule has 3 fully saturated rings. The van der Waals surface area contributed by atoms with Gasteiger partial charge in [-0.25, -0.2) is 9.50 Å². The number of hydrogen-bond acceptors (Lipinski definition) is 7. The molecule has 6 aromatic rings. The van der Waals surface area contributed by atoms with Crippen LogP contribution in [0.5, 0.6) is 5.75 Å². The Kier molecular flexibility index (Phi) is 5.69. The number of ether oxygens (including phenoxy) is 1. The highest BCUT2D eigenvalue weighted by Crippen LogP contribution is 2.40. The van der Waals surface area contributed by atoms with Gasteiger partial charge in [0, 0.05) is 54.1 Å². The van der Waals surface area contributed by atoms with E-state index in [-0.39, 0.29) is 18.0 Å². The van der Waals surface area contributed by atoms with Crippen LogP contribution in [-0.2, 0) is 6.54 Å². The predicted octanol–water partition coefficient (Wildman–Crippen LogP) is 4.66. The Bertz CT molecular complexity index is 2170. The monoisotopic (exact) mass is 601 g/mol. The van der Waals surface area contributed by atoms with Crippen LogP contribution in [0, 0.1) is 25.7 Å².